The maximum Gasteiger partial charge on any atom is 0.158 e. The molecule has 1 rings (SSSR count). The van der Waals surface area contributed by atoms with Gasteiger partial charge in [0, 0.05) is 13.2 Å². The van der Waals surface area contributed by atoms with Crippen molar-refractivity contribution in [2.24, 2.45) is 0 Å². The van der Waals surface area contributed by atoms with Gasteiger partial charge in [0.15, 0.2) is 6.29 Å². The van der Waals surface area contributed by atoms with Crippen LogP contribution < -0.4 is 0 Å². The zero-order valence-corrected chi connectivity index (χ0v) is 17.3. The fourth-order valence-electron chi connectivity index (χ4n) is 3.46. The molecule has 0 spiro atoms. The van der Waals surface area contributed by atoms with Gasteiger partial charge in [-0.1, -0.05) is 84.0 Å². The average Bonchev–Trinajstić information content (AvgIpc) is 3.10. The van der Waals surface area contributed by atoms with Gasteiger partial charge in [-0.05, 0) is 19.3 Å². The summed E-state index contributed by atoms with van der Waals surface area (Å²) in [5, 5.41) is 8.71. The summed E-state index contributed by atoms with van der Waals surface area (Å²) in [7, 11) is 0. The third-order valence-electron chi connectivity index (χ3n) is 5.11. The van der Waals surface area contributed by atoms with Crippen molar-refractivity contribution in [1.29, 1.82) is 0 Å². The van der Waals surface area contributed by atoms with Crippen LogP contribution in [0.4, 0.5) is 0 Å². The number of rotatable bonds is 19. The van der Waals surface area contributed by atoms with E-state index in [-0.39, 0.29) is 19.0 Å². The molecule has 0 aliphatic carbocycles. The summed E-state index contributed by atoms with van der Waals surface area (Å²) < 4.78 is 17.0. The van der Waals surface area contributed by atoms with Crippen molar-refractivity contribution in [2.45, 2.75) is 116 Å². The molecule has 0 aromatic rings. The third-order valence-corrected chi connectivity index (χ3v) is 5.11. The number of hydrogen-bond donors (Lipinski definition) is 1. The van der Waals surface area contributed by atoms with Gasteiger partial charge in [0.1, 0.15) is 6.10 Å². The molecule has 0 aromatic heterocycles. The molecule has 0 radical (unpaired) electrons. The quantitative estimate of drug-likeness (QED) is 0.299. The molecule has 1 aliphatic heterocycles. The zero-order chi connectivity index (χ0) is 18.7. The van der Waals surface area contributed by atoms with Crippen LogP contribution in [-0.2, 0) is 14.2 Å². The first kappa shape index (κ1) is 23.9. The summed E-state index contributed by atoms with van der Waals surface area (Å²) in [5.74, 6) is 0. The topological polar surface area (TPSA) is 47.9 Å². The van der Waals surface area contributed by atoms with Gasteiger partial charge in [-0.15, -0.1) is 0 Å². The van der Waals surface area contributed by atoms with Crippen LogP contribution in [0.2, 0.25) is 0 Å². The van der Waals surface area contributed by atoms with E-state index >= 15 is 0 Å². The molecule has 2 unspecified atom stereocenters. The summed E-state index contributed by atoms with van der Waals surface area (Å²) >= 11 is 0. The van der Waals surface area contributed by atoms with Crippen LogP contribution in [0.15, 0.2) is 0 Å². The summed E-state index contributed by atoms with van der Waals surface area (Å²) in [5.41, 5.74) is 0. The number of hydrogen-bond acceptors (Lipinski definition) is 4. The van der Waals surface area contributed by atoms with Gasteiger partial charge in [-0.25, -0.2) is 0 Å². The van der Waals surface area contributed by atoms with E-state index in [0.29, 0.717) is 26.2 Å². The Morgan fingerprint density at radius 3 is 1.96 bits per heavy atom. The lowest BCUT2D eigenvalue weighted by molar-refractivity contribution is -0.0763. The molecule has 1 heterocycles. The Bertz CT molecular complexity index is 285. The molecule has 1 fully saturated rings. The van der Waals surface area contributed by atoms with E-state index in [2.05, 4.69) is 6.92 Å². The molecule has 0 bridgehead atoms. The van der Waals surface area contributed by atoms with Crippen LogP contribution >= 0.6 is 0 Å². The zero-order valence-electron chi connectivity index (χ0n) is 17.3. The van der Waals surface area contributed by atoms with E-state index in [1.165, 1.54) is 83.5 Å². The maximum atomic E-state index is 8.71. The van der Waals surface area contributed by atoms with Crippen molar-refractivity contribution in [3.05, 3.63) is 0 Å². The first-order chi connectivity index (χ1) is 12.9. The van der Waals surface area contributed by atoms with Crippen LogP contribution in [0.25, 0.3) is 0 Å². The standard InChI is InChI=1S/C22H44O4/c1-2-3-4-5-6-7-8-9-10-11-12-13-14-16-22-25-20-21(26-22)19-24-18-15-17-23/h21-23H,2-20H2,1H3. The molecule has 0 aromatic carbocycles. The Hall–Kier alpha value is -0.160. The molecule has 1 N–H and O–H groups in total. The minimum atomic E-state index is -0.0332. The third kappa shape index (κ3) is 14.0. The Kier molecular flexibility index (Phi) is 16.7. The predicted molar refractivity (Wildman–Crippen MR) is 107 cm³/mol. The monoisotopic (exact) mass is 372 g/mol. The van der Waals surface area contributed by atoms with Crippen LogP contribution in [0.3, 0.4) is 0 Å². The minimum absolute atomic E-state index is 0.0332. The van der Waals surface area contributed by atoms with Gasteiger partial charge in [-0.2, -0.15) is 0 Å². The molecule has 2 atom stereocenters. The second-order valence-electron chi connectivity index (χ2n) is 7.70. The molecule has 1 aliphatic rings. The molecule has 4 nitrogen and oxygen atoms in total. The lowest BCUT2D eigenvalue weighted by Gasteiger charge is -2.11. The van der Waals surface area contributed by atoms with Gasteiger partial charge in [-0.3, -0.25) is 0 Å². The number of unbranched alkanes of at least 4 members (excludes halogenated alkanes) is 12. The predicted octanol–water partition coefficient (Wildman–Crippen LogP) is 5.61. The number of aliphatic hydroxyl groups is 1. The van der Waals surface area contributed by atoms with Crippen LogP contribution in [0, 0.1) is 0 Å². The van der Waals surface area contributed by atoms with E-state index in [9.17, 15) is 0 Å². The molecule has 1 saturated heterocycles. The smallest absolute Gasteiger partial charge is 0.158 e. The highest BCUT2D eigenvalue weighted by Gasteiger charge is 2.25. The lowest BCUT2D eigenvalue weighted by Crippen LogP contribution is -2.19. The molecular formula is C22H44O4. The Balaban J connectivity index is 1.77. The lowest BCUT2D eigenvalue weighted by atomic mass is 10.0. The maximum absolute atomic E-state index is 8.71. The highest BCUT2D eigenvalue weighted by molar-refractivity contribution is 4.65. The molecule has 156 valence electrons. The first-order valence-corrected chi connectivity index (χ1v) is 11.3. The fraction of sp³-hybridized carbons (Fsp3) is 1.00. The molecule has 0 saturated carbocycles. The molecule has 4 heteroatoms. The van der Waals surface area contributed by atoms with Gasteiger partial charge in [0.2, 0.25) is 0 Å². The summed E-state index contributed by atoms with van der Waals surface area (Å²) in [6.45, 7) is 4.28. The minimum Gasteiger partial charge on any atom is -0.396 e. The highest BCUT2D eigenvalue weighted by Crippen LogP contribution is 2.19. The Labute approximate surface area is 162 Å². The van der Waals surface area contributed by atoms with Gasteiger partial charge in [0.25, 0.3) is 0 Å². The first-order valence-electron chi connectivity index (χ1n) is 11.3. The van der Waals surface area contributed by atoms with Crippen molar-refractivity contribution < 1.29 is 19.3 Å². The molecule has 26 heavy (non-hydrogen) atoms. The van der Waals surface area contributed by atoms with Crippen molar-refractivity contribution in [1.82, 2.24) is 0 Å². The number of aliphatic hydroxyl groups excluding tert-OH is 1. The summed E-state index contributed by atoms with van der Waals surface area (Å²) in [6.07, 6.45) is 19.7. The number of ether oxygens (including phenoxy) is 3. The van der Waals surface area contributed by atoms with Gasteiger partial charge < -0.3 is 19.3 Å². The van der Waals surface area contributed by atoms with E-state index in [4.69, 9.17) is 19.3 Å². The molecular weight excluding hydrogens is 328 g/mol. The van der Waals surface area contributed by atoms with Gasteiger partial charge >= 0.3 is 0 Å². The van der Waals surface area contributed by atoms with Gasteiger partial charge in [0.05, 0.1) is 13.2 Å². The molecule has 0 amide bonds. The average molecular weight is 373 g/mol. The normalized spacial score (nSPS) is 20.1. The van der Waals surface area contributed by atoms with E-state index in [0.717, 1.165) is 6.42 Å². The van der Waals surface area contributed by atoms with E-state index in [1.807, 2.05) is 0 Å². The van der Waals surface area contributed by atoms with Crippen LogP contribution in [0.5, 0.6) is 0 Å². The Morgan fingerprint density at radius 2 is 1.38 bits per heavy atom. The highest BCUT2D eigenvalue weighted by atomic mass is 16.7. The van der Waals surface area contributed by atoms with Crippen molar-refractivity contribution in [2.75, 3.05) is 26.4 Å². The van der Waals surface area contributed by atoms with Crippen molar-refractivity contribution in [3.63, 3.8) is 0 Å². The second kappa shape index (κ2) is 18.2. The van der Waals surface area contributed by atoms with Crippen LogP contribution in [0.1, 0.15) is 103 Å². The van der Waals surface area contributed by atoms with E-state index in [1.54, 1.807) is 0 Å². The second-order valence-corrected chi connectivity index (χ2v) is 7.70. The summed E-state index contributed by atoms with van der Waals surface area (Å²) in [6, 6.07) is 0. The fourth-order valence-corrected chi connectivity index (χ4v) is 3.46. The Morgan fingerprint density at radius 1 is 0.808 bits per heavy atom. The van der Waals surface area contributed by atoms with Crippen molar-refractivity contribution >= 4 is 0 Å². The van der Waals surface area contributed by atoms with E-state index < -0.39 is 0 Å². The van der Waals surface area contributed by atoms with Crippen LogP contribution in [-0.4, -0.2) is 43.9 Å². The summed E-state index contributed by atoms with van der Waals surface area (Å²) in [4.78, 5) is 0. The van der Waals surface area contributed by atoms with Crippen molar-refractivity contribution in [3.8, 4) is 0 Å². The SMILES string of the molecule is CCCCCCCCCCCCCCCC1OCC(COCCCO)O1. The largest absolute Gasteiger partial charge is 0.396 e.